The Morgan fingerprint density at radius 3 is 1.75 bits per heavy atom. The standard InChI is InChI=1S/C23H46O4S/c1-4-5-6-7-8-9-10-11-12-13-14-15-16-17-18-21(2)28-20-22(19-24)27-23(25)26-3/h21-22,24H,4-20H2,1-3H3. The minimum absolute atomic E-state index is 0.159. The average Bonchev–Trinajstić information content (AvgIpc) is 2.71. The van der Waals surface area contributed by atoms with Crippen LogP contribution in [0, 0.1) is 0 Å². The van der Waals surface area contributed by atoms with Crippen LogP contribution in [0.4, 0.5) is 4.79 Å². The number of aliphatic hydroxyl groups is 1. The highest BCUT2D eigenvalue weighted by atomic mass is 32.2. The number of hydrogen-bond donors (Lipinski definition) is 1. The Hall–Kier alpha value is -0.420. The molecule has 0 saturated carbocycles. The first-order valence-corrected chi connectivity index (χ1v) is 12.7. The molecule has 0 fully saturated rings. The van der Waals surface area contributed by atoms with Crippen LogP contribution in [0.1, 0.15) is 110 Å². The van der Waals surface area contributed by atoms with Gasteiger partial charge in [0, 0.05) is 11.0 Å². The highest BCUT2D eigenvalue weighted by molar-refractivity contribution is 7.99. The highest BCUT2D eigenvalue weighted by Crippen LogP contribution is 2.20. The maximum atomic E-state index is 11.1. The largest absolute Gasteiger partial charge is 0.508 e. The lowest BCUT2D eigenvalue weighted by Gasteiger charge is -2.17. The van der Waals surface area contributed by atoms with Crippen LogP contribution in [0.25, 0.3) is 0 Å². The molecule has 0 saturated heterocycles. The molecule has 0 aliphatic carbocycles. The predicted octanol–water partition coefficient (Wildman–Crippen LogP) is 7.12. The first-order chi connectivity index (χ1) is 13.6. The number of carbonyl (C=O) groups is 1. The van der Waals surface area contributed by atoms with Crippen molar-refractivity contribution in [2.24, 2.45) is 0 Å². The molecular weight excluding hydrogens is 372 g/mol. The molecule has 0 aromatic heterocycles. The summed E-state index contributed by atoms with van der Waals surface area (Å²) in [7, 11) is 1.28. The topological polar surface area (TPSA) is 55.8 Å². The summed E-state index contributed by atoms with van der Waals surface area (Å²) in [5, 5.41) is 9.77. The normalized spacial score (nSPS) is 13.3. The number of thioether (sulfide) groups is 1. The number of hydrogen-bond acceptors (Lipinski definition) is 5. The SMILES string of the molecule is CCCCCCCCCCCCCCCCC(C)SCC(CO)OC(=O)OC. The molecule has 168 valence electrons. The quantitative estimate of drug-likeness (QED) is 0.168. The minimum atomic E-state index is -0.723. The van der Waals surface area contributed by atoms with Crippen molar-refractivity contribution in [3.63, 3.8) is 0 Å². The molecule has 0 aliphatic heterocycles. The van der Waals surface area contributed by atoms with Gasteiger partial charge in [-0.25, -0.2) is 4.79 Å². The monoisotopic (exact) mass is 418 g/mol. The van der Waals surface area contributed by atoms with Gasteiger partial charge in [0.25, 0.3) is 0 Å². The second-order valence-corrected chi connectivity index (χ2v) is 9.38. The van der Waals surface area contributed by atoms with Gasteiger partial charge in [0.15, 0.2) is 0 Å². The molecule has 0 aliphatic rings. The van der Waals surface area contributed by atoms with Gasteiger partial charge in [-0.15, -0.1) is 0 Å². The molecule has 2 atom stereocenters. The first kappa shape index (κ1) is 27.6. The summed E-state index contributed by atoms with van der Waals surface area (Å²) in [6, 6.07) is 0. The molecule has 0 amide bonds. The van der Waals surface area contributed by atoms with Crippen LogP contribution in [0.15, 0.2) is 0 Å². The molecule has 0 rings (SSSR count). The maximum absolute atomic E-state index is 11.1. The van der Waals surface area contributed by atoms with Crippen molar-refractivity contribution < 1.29 is 19.4 Å². The molecule has 0 aromatic carbocycles. The molecule has 0 heterocycles. The van der Waals surface area contributed by atoms with Gasteiger partial charge in [-0.2, -0.15) is 11.8 Å². The van der Waals surface area contributed by atoms with E-state index in [1.54, 1.807) is 11.8 Å². The van der Waals surface area contributed by atoms with E-state index in [9.17, 15) is 9.90 Å². The summed E-state index contributed by atoms with van der Waals surface area (Å²) >= 11 is 1.75. The van der Waals surface area contributed by atoms with Crippen LogP contribution >= 0.6 is 11.8 Å². The van der Waals surface area contributed by atoms with Crippen molar-refractivity contribution in [2.45, 2.75) is 122 Å². The molecule has 4 nitrogen and oxygen atoms in total. The van der Waals surface area contributed by atoms with Crippen LogP contribution in [0.3, 0.4) is 0 Å². The van der Waals surface area contributed by atoms with Gasteiger partial charge in [-0.1, -0.05) is 104 Å². The lowest BCUT2D eigenvalue weighted by atomic mass is 10.0. The van der Waals surface area contributed by atoms with E-state index in [1.165, 1.54) is 103 Å². The summed E-state index contributed by atoms with van der Waals surface area (Å²) < 4.78 is 9.46. The van der Waals surface area contributed by atoms with E-state index < -0.39 is 12.3 Å². The smallest absolute Gasteiger partial charge is 0.438 e. The van der Waals surface area contributed by atoms with Gasteiger partial charge in [0.1, 0.15) is 6.10 Å². The van der Waals surface area contributed by atoms with Crippen molar-refractivity contribution in [2.75, 3.05) is 19.5 Å². The van der Waals surface area contributed by atoms with Gasteiger partial charge in [0.2, 0.25) is 0 Å². The number of carbonyl (C=O) groups excluding carboxylic acids is 1. The molecule has 2 unspecified atom stereocenters. The summed E-state index contributed by atoms with van der Waals surface area (Å²) in [6.07, 6.45) is 19.4. The fourth-order valence-corrected chi connectivity index (χ4v) is 4.34. The molecule has 28 heavy (non-hydrogen) atoms. The van der Waals surface area contributed by atoms with Gasteiger partial charge in [0.05, 0.1) is 13.7 Å². The lowest BCUT2D eigenvalue weighted by molar-refractivity contribution is 0.0229. The zero-order valence-electron chi connectivity index (χ0n) is 18.8. The average molecular weight is 419 g/mol. The molecule has 1 N–H and O–H groups in total. The van der Waals surface area contributed by atoms with Gasteiger partial charge < -0.3 is 14.6 Å². The second-order valence-electron chi connectivity index (χ2n) is 7.91. The van der Waals surface area contributed by atoms with Crippen LogP contribution in [-0.2, 0) is 9.47 Å². The molecule has 5 heteroatoms. The van der Waals surface area contributed by atoms with E-state index in [-0.39, 0.29) is 6.61 Å². The zero-order chi connectivity index (χ0) is 20.9. The summed E-state index contributed by atoms with van der Waals surface area (Å²) in [5.41, 5.74) is 0. The Morgan fingerprint density at radius 1 is 0.857 bits per heavy atom. The Morgan fingerprint density at radius 2 is 1.32 bits per heavy atom. The van der Waals surface area contributed by atoms with Crippen LogP contribution in [0.5, 0.6) is 0 Å². The second kappa shape index (κ2) is 21.3. The number of ether oxygens (including phenoxy) is 2. The Kier molecular flexibility index (Phi) is 21.0. The summed E-state index contributed by atoms with van der Waals surface area (Å²) in [6.45, 7) is 4.32. The number of unbranched alkanes of at least 4 members (excludes halogenated alkanes) is 13. The van der Waals surface area contributed by atoms with Crippen molar-refractivity contribution in [3.05, 3.63) is 0 Å². The molecule has 0 bridgehead atoms. The molecule has 0 spiro atoms. The van der Waals surface area contributed by atoms with Crippen LogP contribution in [0.2, 0.25) is 0 Å². The van der Waals surface area contributed by atoms with E-state index in [4.69, 9.17) is 4.74 Å². The first-order valence-electron chi connectivity index (χ1n) is 11.6. The van der Waals surface area contributed by atoms with E-state index in [1.807, 2.05) is 0 Å². The third-order valence-corrected chi connectivity index (χ3v) is 6.53. The predicted molar refractivity (Wildman–Crippen MR) is 121 cm³/mol. The number of methoxy groups -OCH3 is 1. The van der Waals surface area contributed by atoms with Crippen molar-refractivity contribution in [3.8, 4) is 0 Å². The Labute approximate surface area is 178 Å². The fraction of sp³-hybridized carbons (Fsp3) is 0.957. The zero-order valence-corrected chi connectivity index (χ0v) is 19.6. The Bertz CT molecular complexity index is 339. The lowest BCUT2D eigenvalue weighted by Crippen LogP contribution is -2.25. The van der Waals surface area contributed by atoms with E-state index in [0.717, 1.165) is 0 Å². The van der Waals surface area contributed by atoms with Gasteiger partial charge in [-0.05, 0) is 6.42 Å². The van der Waals surface area contributed by atoms with Crippen LogP contribution < -0.4 is 0 Å². The maximum Gasteiger partial charge on any atom is 0.508 e. The van der Waals surface area contributed by atoms with E-state index >= 15 is 0 Å². The third kappa shape index (κ3) is 18.9. The van der Waals surface area contributed by atoms with Gasteiger partial charge in [-0.3, -0.25) is 0 Å². The van der Waals surface area contributed by atoms with Crippen molar-refractivity contribution in [1.29, 1.82) is 0 Å². The van der Waals surface area contributed by atoms with Gasteiger partial charge >= 0.3 is 6.16 Å². The van der Waals surface area contributed by atoms with Crippen LogP contribution in [-0.4, -0.2) is 42.1 Å². The van der Waals surface area contributed by atoms with E-state index in [2.05, 4.69) is 18.6 Å². The summed E-state index contributed by atoms with van der Waals surface area (Å²) in [5.74, 6) is 0.616. The molecule has 0 aromatic rings. The number of rotatable bonds is 20. The summed E-state index contributed by atoms with van der Waals surface area (Å²) in [4.78, 5) is 11.1. The highest BCUT2D eigenvalue weighted by Gasteiger charge is 2.15. The minimum Gasteiger partial charge on any atom is -0.438 e. The Balaban J connectivity index is 3.36. The molecule has 0 radical (unpaired) electrons. The fourth-order valence-electron chi connectivity index (χ4n) is 3.29. The number of aliphatic hydroxyl groups excluding tert-OH is 1. The molecular formula is C23H46O4S. The third-order valence-electron chi connectivity index (χ3n) is 5.16. The van der Waals surface area contributed by atoms with Crippen molar-refractivity contribution >= 4 is 17.9 Å². The van der Waals surface area contributed by atoms with Crippen molar-refractivity contribution in [1.82, 2.24) is 0 Å². The van der Waals surface area contributed by atoms with E-state index in [0.29, 0.717) is 11.0 Å².